The first-order valence-corrected chi connectivity index (χ1v) is 8.10. The molecule has 20 heavy (non-hydrogen) atoms. The topological polar surface area (TPSA) is 16.1 Å². The van der Waals surface area contributed by atoms with Crippen LogP contribution >= 0.6 is 11.8 Å². The SMILES string of the molecule is CCN(Cc1ccccn1)CC1Cc2ccccc2S1. The molecule has 104 valence electrons. The van der Waals surface area contributed by atoms with Crippen molar-refractivity contribution >= 4 is 11.8 Å². The molecule has 1 aromatic heterocycles. The van der Waals surface area contributed by atoms with Crippen molar-refractivity contribution in [3.63, 3.8) is 0 Å². The van der Waals surface area contributed by atoms with Gasteiger partial charge in [0.1, 0.15) is 0 Å². The Morgan fingerprint density at radius 2 is 2.05 bits per heavy atom. The fraction of sp³-hybridized carbons (Fsp3) is 0.353. The number of benzene rings is 1. The quantitative estimate of drug-likeness (QED) is 0.834. The molecular formula is C17H20N2S. The Bertz CT molecular complexity index is 531. The van der Waals surface area contributed by atoms with Gasteiger partial charge in [-0.3, -0.25) is 9.88 Å². The van der Waals surface area contributed by atoms with Gasteiger partial charge in [-0.05, 0) is 36.7 Å². The lowest BCUT2D eigenvalue weighted by Crippen LogP contribution is -2.30. The van der Waals surface area contributed by atoms with Crippen molar-refractivity contribution in [2.75, 3.05) is 13.1 Å². The van der Waals surface area contributed by atoms with E-state index < -0.39 is 0 Å². The second-order valence-corrected chi connectivity index (χ2v) is 6.54. The van der Waals surface area contributed by atoms with E-state index in [1.807, 2.05) is 24.0 Å². The van der Waals surface area contributed by atoms with Gasteiger partial charge in [-0.15, -0.1) is 11.8 Å². The summed E-state index contributed by atoms with van der Waals surface area (Å²) in [7, 11) is 0. The lowest BCUT2D eigenvalue weighted by atomic mass is 10.1. The van der Waals surface area contributed by atoms with E-state index in [0.29, 0.717) is 5.25 Å². The van der Waals surface area contributed by atoms with E-state index in [-0.39, 0.29) is 0 Å². The summed E-state index contributed by atoms with van der Waals surface area (Å²) < 4.78 is 0. The lowest BCUT2D eigenvalue weighted by Gasteiger charge is -2.23. The maximum atomic E-state index is 4.43. The van der Waals surface area contributed by atoms with Gasteiger partial charge in [0.05, 0.1) is 5.69 Å². The first kappa shape index (κ1) is 13.7. The molecule has 0 bridgehead atoms. The van der Waals surface area contributed by atoms with Gasteiger partial charge < -0.3 is 0 Å². The Hall–Kier alpha value is -1.32. The molecule has 1 unspecified atom stereocenters. The third-order valence-electron chi connectivity index (χ3n) is 3.73. The van der Waals surface area contributed by atoms with Gasteiger partial charge in [0, 0.05) is 29.4 Å². The average molecular weight is 284 g/mol. The molecule has 2 heterocycles. The molecule has 0 spiro atoms. The normalized spacial score (nSPS) is 17.4. The van der Waals surface area contributed by atoms with Gasteiger partial charge in [-0.25, -0.2) is 0 Å². The summed E-state index contributed by atoms with van der Waals surface area (Å²) >= 11 is 2.03. The van der Waals surface area contributed by atoms with Crippen molar-refractivity contribution in [2.24, 2.45) is 0 Å². The fourth-order valence-corrected chi connectivity index (χ4v) is 4.04. The first-order valence-electron chi connectivity index (χ1n) is 7.22. The molecule has 0 aliphatic carbocycles. The van der Waals surface area contributed by atoms with Crippen LogP contribution in [0, 0.1) is 0 Å². The van der Waals surface area contributed by atoms with E-state index >= 15 is 0 Å². The maximum Gasteiger partial charge on any atom is 0.0543 e. The van der Waals surface area contributed by atoms with Gasteiger partial charge in [0.25, 0.3) is 0 Å². The molecule has 3 heteroatoms. The second kappa shape index (κ2) is 6.42. The molecule has 3 rings (SSSR count). The predicted molar refractivity (Wildman–Crippen MR) is 85.0 cm³/mol. The average Bonchev–Trinajstić information content (AvgIpc) is 2.90. The van der Waals surface area contributed by atoms with Crippen LogP contribution in [0.25, 0.3) is 0 Å². The molecule has 2 nitrogen and oxygen atoms in total. The van der Waals surface area contributed by atoms with Gasteiger partial charge in [-0.2, -0.15) is 0 Å². The highest BCUT2D eigenvalue weighted by atomic mass is 32.2. The van der Waals surface area contributed by atoms with E-state index in [1.165, 1.54) is 16.9 Å². The monoisotopic (exact) mass is 284 g/mol. The van der Waals surface area contributed by atoms with E-state index in [0.717, 1.165) is 25.3 Å². The number of thioether (sulfide) groups is 1. The minimum Gasteiger partial charge on any atom is -0.297 e. The van der Waals surface area contributed by atoms with Gasteiger partial charge in [0.2, 0.25) is 0 Å². The Kier molecular flexibility index (Phi) is 4.38. The van der Waals surface area contributed by atoms with Gasteiger partial charge >= 0.3 is 0 Å². The fourth-order valence-electron chi connectivity index (χ4n) is 2.67. The number of nitrogens with zero attached hydrogens (tertiary/aromatic N) is 2. The summed E-state index contributed by atoms with van der Waals surface area (Å²) in [5.41, 5.74) is 2.67. The predicted octanol–water partition coefficient (Wildman–Crippen LogP) is 3.62. The standard InChI is InChI=1S/C17H20N2S/c1-2-19(12-15-8-5-6-10-18-15)13-16-11-14-7-3-4-9-17(14)20-16/h3-10,16H,2,11-13H2,1H3. The lowest BCUT2D eigenvalue weighted by molar-refractivity contribution is 0.277. The van der Waals surface area contributed by atoms with Crippen molar-refractivity contribution in [2.45, 2.75) is 30.0 Å². The van der Waals surface area contributed by atoms with Crippen molar-refractivity contribution in [3.8, 4) is 0 Å². The van der Waals surface area contributed by atoms with Crippen LogP contribution < -0.4 is 0 Å². The summed E-state index contributed by atoms with van der Waals surface area (Å²) in [5.74, 6) is 0. The minimum absolute atomic E-state index is 0.677. The Labute approximate surface area is 125 Å². The number of rotatable bonds is 5. The Morgan fingerprint density at radius 3 is 2.80 bits per heavy atom. The maximum absolute atomic E-state index is 4.43. The number of pyridine rings is 1. The molecule has 1 aliphatic rings. The van der Waals surface area contributed by atoms with Crippen LogP contribution in [0.2, 0.25) is 0 Å². The van der Waals surface area contributed by atoms with Crippen LogP contribution in [0.5, 0.6) is 0 Å². The molecule has 2 aromatic rings. The van der Waals surface area contributed by atoms with Gasteiger partial charge in [-0.1, -0.05) is 31.2 Å². The van der Waals surface area contributed by atoms with E-state index in [1.54, 1.807) is 0 Å². The highest BCUT2D eigenvalue weighted by molar-refractivity contribution is 8.00. The van der Waals surface area contributed by atoms with Gasteiger partial charge in [0.15, 0.2) is 0 Å². The first-order chi connectivity index (χ1) is 9.85. The molecule has 1 aromatic carbocycles. The van der Waals surface area contributed by atoms with Crippen LogP contribution in [0.1, 0.15) is 18.2 Å². The minimum atomic E-state index is 0.677. The summed E-state index contributed by atoms with van der Waals surface area (Å²) in [6, 6.07) is 14.9. The summed E-state index contributed by atoms with van der Waals surface area (Å²) in [5, 5.41) is 0.677. The van der Waals surface area contributed by atoms with E-state index in [4.69, 9.17) is 0 Å². The number of hydrogen-bond acceptors (Lipinski definition) is 3. The van der Waals surface area contributed by atoms with Crippen molar-refractivity contribution in [1.82, 2.24) is 9.88 Å². The Balaban J connectivity index is 1.60. The zero-order valence-corrected chi connectivity index (χ0v) is 12.6. The molecule has 0 amide bonds. The van der Waals surface area contributed by atoms with E-state index in [9.17, 15) is 0 Å². The third kappa shape index (κ3) is 3.22. The molecule has 0 saturated heterocycles. The smallest absolute Gasteiger partial charge is 0.0543 e. The zero-order valence-electron chi connectivity index (χ0n) is 11.8. The van der Waals surface area contributed by atoms with Crippen LogP contribution in [-0.2, 0) is 13.0 Å². The summed E-state index contributed by atoms with van der Waals surface area (Å²) in [6.45, 7) is 5.39. The Morgan fingerprint density at radius 1 is 1.20 bits per heavy atom. The van der Waals surface area contributed by atoms with Crippen LogP contribution in [0.4, 0.5) is 0 Å². The van der Waals surface area contributed by atoms with Crippen LogP contribution in [-0.4, -0.2) is 28.2 Å². The molecule has 0 N–H and O–H groups in total. The third-order valence-corrected chi connectivity index (χ3v) is 5.04. The highest BCUT2D eigenvalue weighted by Crippen LogP contribution is 2.37. The van der Waals surface area contributed by atoms with Crippen molar-refractivity contribution in [3.05, 3.63) is 59.9 Å². The number of aromatic nitrogens is 1. The highest BCUT2D eigenvalue weighted by Gasteiger charge is 2.23. The van der Waals surface area contributed by atoms with Crippen molar-refractivity contribution in [1.29, 1.82) is 0 Å². The largest absolute Gasteiger partial charge is 0.297 e. The summed E-state index contributed by atoms with van der Waals surface area (Å²) in [4.78, 5) is 8.39. The molecular weight excluding hydrogens is 264 g/mol. The molecule has 1 atom stereocenters. The second-order valence-electron chi connectivity index (χ2n) is 5.20. The molecule has 0 radical (unpaired) electrons. The van der Waals surface area contributed by atoms with Crippen LogP contribution in [0.15, 0.2) is 53.6 Å². The summed E-state index contributed by atoms with van der Waals surface area (Å²) in [6.07, 6.45) is 3.07. The van der Waals surface area contributed by atoms with Crippen molar-refractivity contribution < 1.29 is 0 Å². The molecule has 0 fully saturated rings. The van der Waals surface area contributed by atoms with Crippen LogP contribution in [0.3, 0.4) is 0 Å². The molecule has 0 saturated carbocycles. The van der Waals surface area contributed by atoms with E-state index in [2.05, 4.69) is 53.2 Å². The molecule has 1 aliphatic heterocycles. The zero-order chi connectivity index (χ0) is 13.8. The number of hydrogen-bond donors (Lipinski definition) is 0. The number of fused-ring (bicyclic) bond motifs is 1.